The zero-order valence-corrected chi connectivity index (χ0v) is 14.9. The molecule has 1 aliphatic heterocycles. The zero-order valence-electron chi connectivity index (χ0n) is 14.1. The van der Waals surface area contributed by atoms with Gasteiger partial charge in [0, 0.05) is 51.0 Å². The highest BCUT2D eigenvalue weighted by Gasteiger charge is 2.28. The van der Waals surface area contributed by atoms with Crippen LogP contribution in [0.4, 0.5) is 0 Å². The van der Waals surface area contributed by atoms with Gasteiger partial charge in [-0.25, -0.2) is 4.98 Å². The number of thiazole rings is 1. The van der Waals surface area contributed by atoms with Crippen molar-refractivity contribution in [3.8, 4) is 0 Å². The summed E-state index contributed by atoms with van der Waals surface area (Å²) in [6.07, 6.45) is 2.32. The highest BCUT2D eigenvalue weighted by atomic mass is 32.1. The first-order chi connectivity index (χ1) is 11.0. The fourth-order valence-corrected chi connectivity index (χ4v) is 3.62. The smallest absolute Gasteiger partial charge is 0.248 e. The predicted molar refractivity (Wildman–Crippen MR) is 89.4 cm³/mol. The molecule has 0 N–H and O–H groups in total. The van der Waals surface area contributed by atoms with Gasteiger partial charge in [0.1, 0.15) is 6.61 Å². The van der Waals surface area contributed by atoms with Gasteiger partial charge in [0.15, 0.2) is 0 Å². The minimum Gasteiger partial charge on any atom is -0.375 e. The van der Waals surface area contributed by atoms with Gasteiger partial charge in [0.05, 0.1) is 11.2 Å². The summed E-state index contributed by atoms with van der Waals surface area (Å²) >= 11 is 1.64. The van der Waals surface area contributed by atoms with E-state index in [0.717, 1.165) is 25.0 Å². The number of rotatable bonds is 6. The lowest BCUT2D eigenvalue weighted by atomic mass is 9.95. The second kappa shape index (κ2) is 8.40. The largest absolute Gasteiger partial charge is 0.375 e. The molecule has 2 amide bonds. The predicted octanol–water partition coefficient (Wildman–Crippen LogP) is 1.34. The Bertz CT molecular complexity index is 538. The van der Waals surface area contributed by atoms with Crippen LogP contribution < -0.4 is 0 Å². The Morgan fingerprint density at radius 3 is 2.70 bits per heavy atom. The quantitative estimate of drug-likeness (QED) is 0.785. The van der Waals surface area contributed by atoms with Gasteiger partial charge in [-0.15, -0.1) is 11.3 Å². The third-order valence-electron chi connectivity index (χ3n) is 4.36. The third kappa shape index (κ3) is 4.75. The molecular weight excluding hydrogens is 314 g/mol. The SMILES string of the molecule is COCC(=O)N1CCC(C(=O)N(C)CCc2scnc2C)CC1. The number of likely N-dealkylation sites (tertiary alicyclic amines) is 1. The summed E-state index contributed by atoms with van der Waals surface area (Å²) in [6.45, 7) is 4.11. The van der Waals surface area contributed by atoms with Crippen LogP contribution in [0.5, 0.6) is 0 Å². The number of likely N-dealkylation sites (N-methyl/N-ethyl adjacent to an activating group) is 1. The van der Waals surface area contributed by atoms with Gasteiger partial charge in [-0.3, -0.25) is 9.59 Å². The standard InChI is InChI=1S/C16H25N3O3S/c1-12-14(23-11-17-12)6-7-18(2)16(21)13-4-8-19(9-5-13)15(20)10-22-3/h11,13H,4-10H2,1-3H3. The van der Waals surface area contributed by atoms with Crippen LogP contribution in [0.2, 0.25) is 0 Å². The highest BCUT2D eigenvalue weighted by Crippen LogP contribution is 2.20. The van der Waals surface area contributed by atoms with E-state index in [4.69, 9.17) is 4.74 Å². The normalized spacial score (nSPS) is 15.7. The topological polar surface area (TPSA) is 62.7 Å². The summed E-state index contributed by atoms with van der Waals surface area (Å²) < 4.78 is 4.88. The number of carbonyl (C=O) groups excluding carboxylic acids is 2. The average molecular weight is 339 g/mol. The van der Waals surface area contributed by atoms with Crippen molar-refractivity contribution in [1.82, 2.24) is 14.8 Å². The Hall–Kier alpha value is -1.47. The molecule has 2 heterocycles. The Kier molecular flexibility index (Phi) is 6.53. The number of hydrogen-bond donors (Lipinski definition) is 0. The maximum absolute atomic E-state index is 12.5. The van der Waals surface area contributed by atoms with Crippen LogP contribution in [-0.4, -0.2) is 67.0 Å². The van der Waals surface area contributed by atoms with E-state index in [0.29, 0.717) is 19.6 Å². The summed E-state index contributed by atoms with van der Waals surface area (Å²) in [7, 11) is 3.38. The van der Waals surface area contributed by atoms with E-state index in [1.807, 2.05) is 24.4 Å². The first-order valence-corrected chi connectivity index (χ1v) is 8.81. The molecule has 1 aromatic heterocycles. The first kappa shape index (κ1) is 17.9. The summed E-state index contributed by atoms with van der Waals surface area (Å²) in [5, 5.41) is 0. The monoisotopic (exact) mass is 339 g/mol. The van der Waals surface area contributed by atoms with Crippen LogP contribution >= 0.6 is 11.3 Å². The molecule has 1 aliphatic rings. The molecule has 7 heteroatoms. The summed E-state index contributed by atoms with van der Waals surface area (Å²) in [4.78, 5) is 33.4. The van der Waals surface area contributed by atoms with Crippen LogP contribution in [0, 0.1) is 12.8 Å². The lowest BCUT2D eigenvalue weighted by Crippen LogP contribution is -2.44. The van der Waals surface area contributed by atoms with Gasteiger partial charge >= 0.3 is 0 Å². The van der Waals surface area contributed by atoms with Crippen molar-refractivity contribution in [2.45, 2.75) is 26.2 Å². The second-order valence-electron chi connectivity index (χ2n) is 5.96. The lowest BCUT2D eigenvalue weighted by molar-refractivity contribution is -0.141. The van der Waals surface area contributed by atoms with E-state index >= 15 is 0 Å². The van der Waals surface area contributed by atoms with Crippen LogP contribution in [0.15, 0.2) is 5.51 Å². The minimum atomic E-state index is 0.00687. The van der Waals surface area contributed by atoms with Gasteiger partial charge in [-0.1, -0.05) is 0 Å². The average Bonchev–Trinajstić information content (AvgIpc) is 2.97. The van der Waals surface area contributed by atoms with E-state index in [9.17, 15) is 9.59 Å². The van der Waals surface area contributed by atoms with Gasteiger partial charge in [0.25, 0.3) is 0 Å². The van der Waals surface area contributed by atoms with E-state index in [2.05, 4.69) is 4.98 Å². The fraction of sp³-hybridized carbons (Fsp3) is 0.688. The number of ether oxygens (including phenoxy) is 1. The fourth-order valence-electron chi connectivity index (χ4n) is 2.85. The van der Waals surface area contributed by atoms with Crippen LogP contribution in [0.1, 0.15) is 23.4 Å². The number of methoxy groups -OCH3 is 1. The number of carbonyl (C=O) groups is 2. The molecule has 0 radical (unpaired) electrons. The number of aryl methyl sites for hydroxylation is 1. The van der Waals surface area contributed by atoms with Crippen LogP contribution in [-0.2, 0) is 20.7 Å². The van der Waals surface area contributed by atoms with Gasteiger partial charge in [-0.2, -0.15) is 0 Å². The molecule has 0 unspecified atom stereocenters. The number of hydrogen-bond acceptors (Lipinski definition) is 5. The molecule has 0 aromatic carbocycles. The third-order valence-corrected chi connectivity index (χ3v) is 5.35. The van der Waals surface area contributed by atoms with Crippen molar-refractivity contribution < 1.29 is 14.3 Å². The number of aromatic nitrogens is 1. The van der Waals surface area contributed by atoms with Crippen molar-refractivity contribution in [2.24, 2.45) is 5.92 Å². The molecule has 1 saturated heterocycles. The van der Waals surface area contributed by atoms with Crippen LogP contribution in [0.3, 0.4) is 0 Å². The Morgan fingerprint density at radius 1 is 1.43 bits per heavy atom. The van der Waals surface area contributed by atoms with E-state index in [1.165, 1.54) is 12.0 Å². The molecule has 0 atom stereocenters. The Balaban J connectivity index is 1.77. The van der Waals surface area contributed by atoms with Gasteiger partial charge in [0.2, 0.25) is 11.8 Å². The summed E-state index contributed by atoms with van der Waals surface area (Å²) in [5.41, 5.74) is 2.90. The minimum absolute atomic E-state index is 0.00687. The number of piperidine rings is 1. The molecular formula is C16H25N3O3S. The molecule has 6 nitrogen and oxygen atoms in total. The van der Waals surface area contributed by atoms with E-state index < -0.39 is 0 Å². The Morgan fingerprint density at radius 2 is 2.13 bits per heavy atom. The van der Waals surface area contributed by atoms with Crippen molar-refractivity contribution in [1.29, 1.82) is 0 Å². The second-order valence-corrected chi connectivity index (χ2v) is 6.90. The molecule has 23 heavy (non-hydrogen) atoms. The maximum Gasteiger partial charge on any atom is 0.248 e. The molecule has 128 valence electrons. The van der Waals surface area contributed by atoms with Gasteiger partial charge in [-0.05, 0) is 19.8 Å². The van der Waals surface area contributed by atoms with Gasteiger partial charge < -0.3 is 14.5 Å². The van der Waals surface area contributed by atoms with Crippen LogP contribution in [0.25, 0.3) is 0 Å². The highest BCUT2D eigenvalue weighted by molar-refractivity contribution is 7.09. The number of amides is 2. The molecule has 0 spiro atoms. The summed E-state index contributed by atoms with van der Waals surface area (Å²) in [6, 6.07) is 0. The lowest BCUT2D eigenvalue weighted by Gasteiger charge is -2.33. The number of nitrogens with zero attached hydrogens (tertiary/aromatic N) is 3. The van der Waals surface area contributed by atoms with E-state index in [1.54, 1.807) is 16.2 Å². The maximum atomic E-state index is 12.5. The molecule has 0 saturated carbocycles. The van der Waals surface area contributed by atoms with E-state index in [-0.39, 0.29) is 24.3 Å². The van der Waals surface area contributed by atoms with Crippen molar-refractivity contribution in [3.63, 3.8) is 0 Å². The Labute approximate surface area is 141 Å². The zero-order chi connectivity index (χ0) is 16.8. The van der Waals surface area contributed by atoms with Crippen molar-refractivity contribution >= 4 is 23.2 Å². The molecule has 2 rings (SSSR count). The molecule has 0 bridgehead atoms. The summed E-state index contributed by atoms with van der Waals surface area (Å²) in [5.74, 6) is 0.215. The molecule has 1 fully saturated rings. The molecule has 0 aliphatic carbocycles. The van der Waals surface area contributed by atoms with Crippen molar-refractivity contribution in [2.75, 3.05) is 40.4 Å². The van der Waals surface area contributed by atoms with Crippen molar-refractivity contribution in [3.05, 3.63) is 16.1 Å². The first-order valence-electron chi connectivity index (χ1n) is 7.93. The molecule has 1 aromatic rings.